The molecule has 0 radical (unpaired) electrons. The van der Waals surface area contributed by atoms with Crippen molar-refractivity contribution in [1.82, 2.24) is 0 Å². The molecule has 0 aliphatic heterocycles. The van der Waals surface area contributed by atoms with Crippen LogP contribution in [0.2, 0.25) is 0 Å². The SMILES string of the molecule is CC.CC(C)(C)c1ccc(C(N)=O)cc1.Cc1ccc(C(=O)C(C)O)cc1. The minimum atomic E-state index is -0.910. The number of aryl methyl sites for hydroxylation is 1. The molecule has 1 atom stereocenters. The van der Waals surface area contributed by atoms with Gasteiger partial charge in [-0.1, -0.05) is 76.6 Å². The maximum absolute atomic E-state index is 11.2. The molecule has 2 rings (SSSR count). The Labute approximate surface area is 163 Å². The Kier molecular flexibility index (Phi) is 10.3. The van der Waals surface area contributed by atoms with Crippen molar-refractivity contribution in [3.63, 3.8) is 0 Å². The molecule has 0 aliphatic rings. The highest BCUT2D eigenvalue weighted by Crippen LogP contribution is 2.21. The number of aliphatic hydroxyl groups is 1. The fraction of sp³-hybridized carbons (Fsp3) is 0.391. The molecule has 4 heteroatoms. The van der Waals surface area contributed by atoms with Crippen LogP contribution in [0.4, 0.5) is 0 Å². The quantitative estimate of drug-likeness (QED) is 0.770. The number of aliphatic hydroxyl groups excluding tert-OH is 1. The average Bonchev–Trinajstić information content (AvgIpc) is 2.63. The van der Waals surface area contributed by atoms with Crippen LogP contribution < -0.4 is 5.73 Å². The average molecular weight is 372 g/mol. The van der Waals surface area contributed by atoms with Crippen molar-refractivity contribution < 1.29 is 14.7 Å². The van der Waals surface area contributed by atoms with Gasteiger partial charge >= 0.3 is 0 Å². The molecule has 0 spiro atoms. The second kappa shape index (κ2) is 11.3. The summed E-state index contributed by atoms with van der Waals surface area (Å²) >= 11 is 0. The molecule has 27 heavy (non-hydrogen) atoms. The van der Waals surface area contributed by atoms with Crippen LogP contribution >= 0.6 is 0 Å². The zero-order valence-corrected chi connectivity index (χ0v) is 17.5. The van der Waals surface area contributed by atoms with E-state index in [0.29, 0.717) is 11.1 Å². The van der Waals surface area contributed by atoms with Crippen LogP contribution in [-0.2, 0) is 5.41 Å². The number of rotatable bonds is 3. The molecule has 0 bridgehead atoms. The molecular formula is C23H33NO3. The number of nitrogens with two attached hydrogens (primary N) is 1. The maximum Gasteiger partial charge on any atom is 0.248 e. The third kappa shape index (κ3) is 8.65. The largest absolute Gasteiger partial charge is 0.385 e. The van der Waals surface area contributed by atoms with E-state index in [4.69, 9.17) is 10.8 Å². The lowest BCUT2D eigenvalue weighted by Crippen LogP contribution is -2.15. The van der Waals surface area contributed by atoms with E-state index in [1.54, 1.807) is 24.3 Å². The summed E-state index contributed by atoms with van der Waals surface area (Å²) in [5.41, 5.74) is 8.70. The van der Waals surface area contributed by atoms with E-state index in [1.165, 1.54) is 12.5 Å². The number of amides is 1. The van der Waals surface area contributed by atoms with Crippen molar-refractivity contribution in [1.29, 1.82) is 0 Å². The highest BCUT2D eigenvalue weighted by molar-refractivity contribution is 5.99. The zero-order chi connectivity index (χ0) is 21.2. The summed E-state index contributed by atoms with van der Waals surface area (Å²) in [5.74, 6) is -0.601. The molecule has 0 aliphatic carbocycles. The summed E-state index contributed by atoms with van der Waals surface area (Å²) in [4.78, 5) is 22.0. The molecule has 4 nitrogen and oxygen atoms in total. The topological polar surface area (TPSA) is 80.4 Å². The summed E-state index contributed by atoms with van der Waals surface area (Å²) in [6.07, 6.45) is -0.910. The van der Waals surface area contributed by atoms with Gasteiger partial charge in [-0.2, -0.15) is 0 Å². The minimum Gasteiger partial charge on any atom is -0.385 e. The molecule has 0 saturated carbocycles. The second-order valence-corrected chi connectivity index (χ2v) is 7.10. The van der Waals surface area contributed by atoms with E-state index in [9.17, 15) is 9.59 Å². The molecule has 1 unspecified atom stereocenters. The lowest BCUT2D eigenvalue weighted by atomic mass is 9.87. The van der Waals surface area contributed by atoms with Gasteiger partial charge in [-0.3, -0.25) is 9.59 Å². The fourth-order valence-corrected chi connectivity index (χ4v) is 2.09. The van der Waals surface area contributed by atoms with Crippen molar-refractivity contribution in [3.8, 4) is 0 Å². The fourth-order valence-electron chi connectivity index (χ4n) is 2.09. The zero-order valence-electron chi connectivity index (χ0n) is 17.5. The standard InChI is InChI=1S/C11H15NO.C10H12O2.C2H6/c1-11(2,3)9-6-4-8(5-7-9)10(12)13;1-7-3-5-9(6-4-7)10(12)8(2)11;1-2/h4-7H,1-3H3,(H2,12,13);3-6,8,11H,1-2H3;1-2H3. The lowest BCUT2D eigenvalue weighted by Gasteiger charge is -2.18. The van der Waals surface area contributed by atoms with Crippen LogP contribution in [0, 0.1) is 6.92 Å². The van der Waals surface area contributed by atoms with Crippen molar-refractivity contribution >= 4 is 11.7 Å². The summed E-state index contributed by atoms with van der Waals surface area (Å²) in [7, 11) is 0. The van der Waals surface area contributed by atoms with E-state index in [0.717, 1.165) is 5.56 Å². The summed E-state index contributed by atoms with van der Waals surface area (Å²) in [6.45, 7) is 13.8. The van der Waals surface area contributed by atoms with E-state index in [2.05, 4.69) is 20.8 Å². The first-order valence-electron chi connectivity index (χ1n) is 9.21. The van der Waals surface area contributed by atoms with Gasteiger partial charge in [0.05, 0.1) is 0 Å². The van der Waals surface area contributed by atoms with Crippen LogP contribution in [0.25, 0.3) is 0 Å². The summed E-state index contributed by atoms with van der Waals surface area (Å²) < 4.78 is 0. The van der Waals surface area contributed by atoms with Gasteiger partial charge in [0.1, 0.15) is 6.10 Å². The van der Waals surface area contributed by atoms with Crippen molar-refractivity contribution in [2.24, 2.45) is 5.73 Å². The molecule has 0 fully saturated rings. The van der Waals surface area contributed by atoms with Gasteiger partial charge in [0.15, 0.2) is 5.78 Å². The Hall–Kier alpha value is -2.46. The number of carbonyl (C=O) groups excluding carboxylic acids is 2. The first kappa shape index (κ1) is 24.5. The molecule has 0 saturated heterocycles. The first-order chi connectivity index (χ1) is 12.5. The molecule has 3 N–H and O–H groups in total. The predicted octanol–water partition coefficient (Wildman–Crippen LogP) is 4.67. The molecule has 1 amide bonds. The highest BCUT2D eigenvalue weighted by atomic mass is 16.3. The highest BCUT2D eigenvalue weighted by Gasteiger charge is 2.13. The Morgan fingerprint density at radius 2 is 1.30 bits per heavy atom. The van der Waals surface area contributed by atoms with E-state index in [1.807, 2.05) is 45.0 Å². The summed E-state index contributed by atoms with van der Waals surface area (Å²) in [5, 5.41) is 8.99. The number of carbonyl (C=O) groups is 2. The molecular weight excluding hydrogens is 338 g/mol. The van der Waals surface area contributed by atoms with Crippen LogP contribution in [0.3, 0.4) is 0 Å². The van der Waals surface area contributed by atoms with Gasteiger partial charge in [0, 0.05) is 11.1 Å². The molecule has 148 valence electrons. The van der Waals surface area contributed by atoms with Crippen LogP contribution in [0.1, 0.15) is 73.4 Å². The maximum atomic E-state index is 11.2. The van der Waals surface area contributed by atoms with Gasteiger partial charge in [0.25, 0.3) is 0 Å². The number of ketones is 1. The number of Topliss-reactive ketones (excluding diaryl/α,β-unsaturated/α-hetero) is 1. The number of primary amides is 1. The van der Waals surface area contributed by atoms with Crippen molar-refractivity contribution in [2.45, 2.75) is 60.0 Å². The monoisotopic (exact) mass is 371 g/mol. The van der Waals surface area contributed by atoms with Gasteiger partial charge in [-0.15, -0.1) is 0 Å². The normalized spacial score (nSPS) is 11.3. The molecule has 0 aromatic heterocycles. The van der Waals surface area contributed by atoms with Gasteiger partial charge in [-0.05, 0) is 37.0 Å². The Balaban J connectivity index is 0.000000460. The molecule has 0 heterocycles. The van der Waals surface area contributed by atoms with Crippen LogP contribution in [-0.4, -0.2) is 22.9 Å². The van der Waals surface area contributed by atoms with Gasteiger partial charge in [-0.25, -0.2) is 0 Å². The lowest BCUT2D eigenvalue weighted by molar-refractivity contribution is 0.0779. The van der Waals surface area contributed by atoms with Gasteiger partial charge < -0.3 is 10.8 Å². The van der Waals surface area contributed by atoms with Crippen LogP contribution in [0.5, 0.6) is 0 Å². The third-order valence-corrected chi connectivity index (χ3v) is 3.75. The predicted molar refractivity (Wildman–Crippen MR) is 112 cm³/mol. The van der Waals surface area contributed by atoms with Gasteiger partial charge in [0.2, 0.25) is 5.91 Å². The Morgan fingerprint density at radius 3 is 1.63 bits per heavy atom. The Morgan fingerprint density at radius 1 is 0.889 bits per heavy atom. The number of benzene rings is 2. The molecule has 2 aromatic carbocycles. The summed E-state index contributed by atoms with van der Waals surface area (Å²) in [6, 6.07) is 14.6. The minimum absolute atomic E-state index is 0.121. The van der Waals surface area contributed by atoms with Crippen LogP contribution in [0.15, 0.2) is 48.5 Å². The van der Waals surface area contributed by atoms with E-state index in [-0.39, 0.29) is 17.1 Å². The van der Waals surface area contributed by atoms with E-state index >= 15 is 0 Å². The first-order valence-corrected chi connectivity index (χ1v) is 9.21. The Bertz CT molecular complexity index is 709. The third-order valence-electron chi connectivity index (χ3n) is 3.75. The van der Waals surface area contributed by atoms with Crippen molar-refractivity contribution in [3.05, 3.63) is 70.8 Å². The van der Waals surface area contributed by atoms with Crippen molar-refractivity contribution in [2.75, 3.05) is 0 Å². The smallest absolute Gasteiger partial charge is 0.248 e. The second-order valence-electron chi connectivity index (χ2n) is 7.10. The number of hydrogen-bond acceptors (Lipinski definition) is 3. The number of hydrogen-bond donors (Lipinski definition) is 2. The van der Waals surface area contributed by atoms with E-state index < -0.39 is 6.10 Å². The molecule has 2 aromatic rings.